The van der Waals surface area contributed by atoms with Crippen molar-refractivity contribution in [3.8, 4) is 11.8 Å². The van der Waals surface area contributed by atoms with Gasteiger partial charge in [0.15, 0.2) is 0 Å². The molecule has 0 fully saturated rings. The largest absolute Gasteiger partial charge is 0.378 e. The molecule has 0 unspecified atom stereocenters. The van der Waals surface area contributed by atoms with Gasteiger partial charge < -0.3 is 9.50 Å². The molecule has 0 aliphatic carbocycles. The summed E-state index contributed by atoms with van der Waals surface area (Å²) < 4.78 is 31.2. The summed E-state index contributed by atoms with van der Waals surface area (Å²) in [5.41, 5.74) is 0.470. The number of benzene rings is 3. The molecule has 0 heterocycles. The average molecular weight is 542 g/mol. The molecule has 0 aliphatic heterocycles. The SMILES string of the molecule is N#C/C(=C\c1cc(Br)ccc1OS(=O)(=O)c1ccc([N+](=O)[O-])cc1)C(=O)NCc1ccccc1. The normalized spacial score (nSPS) is 11.4. The molecule has 3 aromatic rings. The van der Waals surface area contributed by atoms with E-state index in [4.69, 9.17) is 4.18 Å². The number of carbonyl (C=O) groups excluding carboxylic acids is 1. The minimum Gasteiger partial charge on any atom is -0.378 e. The molecule has 0 saturated carbocycles. The van der Waals surface area contributed by atoms with Gasteiger partial charge in [0.25, 0.3) is 11.6 Å². The average Bonchev–Trinajstić information content (AvgIpc) is 2.83. The second-order valence-electron chi connectivity index (χ2n) is 6.81. The lowest BCUT2D eigenvalue weighted by atomic mass is 10.1. The zero-order valence-corrected chi connectivity index (χ0v) is 19.7. The van der Waals surface area contributed by atoms with Gasteiger partial charge in [0.1, 0.15) is 22.3 Å². The van der Waals surface area contributed by atoms with E-state index in [1.165, 1.54) is 24.3 Å². The van der Waals surface area contributed by atoms with Crippen molar-refractivity contribution in [2.45, 2.75) is 11.4 Å². The summed E-state index contributed by atoms with van der Waals surface area (Å²) in [4.78, 5) is 22.4. The number of halogens is 1. The van der Waals surface area contributed by atoms with Gasteiger partial charge in [-0.25, -0.2) is 0 Å². The van der Waals surface area contributed by atoms with E-state index in [9.17, 15) is 28.6 Å². The smallest absolute Gasteiger partial charge is 0.339 e. The van der Waals surface area contributed by atoms with Gasteiger partial charge in [-0.05, 0) is 42.0 Å². The molecule has 0 bridgehead atoms. The first-order valence-electron chi connectivity index (χ1n) is 9.62. The predicted octanol–water partition coefficient (Wildman–Crippen LogP) is 4.35. The van der Waals surface area contributed by atoms with Crippen molar-refractivity contribution >= 4 is 43.7 Å². The fourth-order valence-corrected chi connectivity index (χ4v) is 4.12. The molecular weight excluding hydrogens is 526 g/mol. The summed E-state index contributed by atoms with van der Waals surface area (Å²) in [7, 11) is -4.35. The Labute approximate surface area is 203 Å². The highest BCUT2D eigenvalue weighted by Crippen LogP contribution is 2.29. The van der Waals surface area contributed by atoms with E-state index in [0.29, 0.717) is 4.47 Å². The van der Waals surface area contributed by atoms with Crippen LogP contribution in [0.3, 0.4) is 0 Å². The van der Waals surface area contributed by atoms with Crippen molar-refractivity contribution in [3.63, 3.8) is 0 Å². The van der Waals surface area contributed by atoms with Gasteiger partial charge in [0.05, 0.1) is 4.92 Å². The molecule has 3 aromatic carbocycles. The topological polar surface area (TPSA) is 139 Å². The van der Waals surface area contributed by atoms with Crippen LogP contribution in [0.25, 0.3) is 6.08 Å². The molecular formula is C23H16BrN3O6S. The van der Waals surface area contributed by atoms with Gasteiger partial charge in [0, 0.05) is 28.7 Å². The van der Waals surface area contributed by atoms with Crippen LogP contribution < -0.4 is 9.50 Å². The Hall–Kier alpha value is -4.01. The van der Waals surface area contributed by atoms with E-state index in [0.717, 1.165) is 29.8 Å². The third-order valence-corrected chi connectivity index (χ3v) is 6.21. The fourth-order valence-electron chi connectivity index (χ4n) is 2.79. The van der Waals surface area contributed by atoms with Crippen LogP contribution in [0.4, 0.5) is 5.69 Å². The summed E-state index contributed by atoms with van der Waals surface area (Å²) in [6, 6.07) is 19.5. The zero-order valence-electron chi connectivity index (χ0n) is 17.3. The minimum atomic E-state index is -4.35. The Morgan fingerprint density at radius 2 is 1.79 bits per heavy atom. The number of nitriles is 1. The minimum absolute atomic E-state index is 0.134. The van der Waals surface area contributed by atoms with E-state index < -0.39 is 20.9 Å². The van der Waals surface area contributed by atoms with Gasteiger partial charge in [-0.1, -0.05) is 46.3 Å². The third kappa shape index (κ3) is 6.28. The Kier molecular flexibility index (Phi) is 7.78. The number of hydrogen-bond acceptors (Lipinski definition) is 7. The Morgan fingerprint density at radius 3 is 2.41 bits per heavy atom. The van der Waals surface area contributed by atoms with E-state index >= 15 is 0 Å². The molecule has 3 rings (SSSR count). The first kappa shape index (κ1) is 24.6. The predicted molar refractivity (Wildman–Crippen MR) is 127 cm³/mol. The molecule has 172 valence electrons. The maximum atomic E-state index is 12.7. The summed E-state index contributed by atoms with van der Waals surface area (Å²) in [5.74, 6) is -0.777. The van der Waals surface area contributed by atoms with Gasteiger partial charge in [-0.15, -0.1) is 0 Å². The summed E-state index contributed by atoms with van der Waals surface area (Å²) >= 11 is 3.27. The van der Waals surface area contributed by atoms with Gasteiger partial charge in [0.2, 0.25) is 0 Å². The van der Waals surface area contributed by atoms with Crippen LogP contribution in [0, 0.1) is 21.4 Å². The lowest BCUT2D eigenvalue weighted by molar-refractivity contribution is -0.384. The molecule has 34 heavy (non-hydrogen) atoms. The molecule has 0 atom stereocenters. The van der Waals surface area contributed by atoms with Crippen molar-refractivity contribution < 1.29 is 22.3 Å². The van der Waals surface area contributed by atoms with Crippen LogP contribution >= 0.6 is 15.9 Å². The molecule has 0 spiro atoms. The molecule has 11 heteroatoms. The van der Waals surface area contributed by atoms with E-state index in [1.807, 2.05) is 36.4 Å². The quantitative estimate of drug-likeness (QED) is 0.147. The van der Waals surface area contributed by atoms with Crippen LogP contribution in [-0.4, -0.2) is 19.2 Å². The molecule has 1 N–H and O–H groups in total. The second-order valence-corrected chi connectivity index (χ2v) is 9.27. The number of nitro groups is 1. The molecule has 0 saturated heterocycles. The number of non-ortho nitro benzene ring substituents is 1. The number of nitrogens with zero attached hydrogens (tertiary/aromatic N) is 2. The van der Waals surface area contributed by atoms with E-state index in [1.54, 1.807) is 0 Å². The number of rotatable bonds is 8. The lowest BCUT2D eigenvalue weighted by Crippen LogP contribution is -2.23. The molecule has 9 nitrogen and oxygen atoms in total. The number of carbonyl (C=O) groups is 1. The van der Waals surface area contributed by atoms with Crippen LogP contribution in [-0.2, 0) is 21.5 Å². The summed E-state index contributed by atoms with van der Waals surface area (Å²) in [5, 5.41) is 22.9. The van der Waals surface area contributed by atoms with Crippen molar-refractivity contribution in [2.75, 3.05) is 0 Å². The summed E-state index contributed by atoms with van der Waals surface area (Å²) in [6.45, 7) is 0.203. The number of amides is 1. The van der Waals surface area contributed by atoms with Crippen LogP contribution in [0.15, 0.2) is 87.7 Å². The van der Waals surface area contributed by atoms with Gasteiger partial charge in [-0.2, -0.15) is 13.7 Å². The third-order valence-electron chi connectivity index (χ3n) is 4.47. The second kappa shape index (κ2) is 10.7. The first-order valence-corrected chi connectivity index (χ1v) is 11.8. The van der Waals surface area contributed by atoms with Crippen molar-refractivity contribution in [2.24, 2.45) is 0 Å². The Bertz CT molecular complexity index is 1400. The highest BCUT2D eigenvalue weighted by molar-refractivity contribution is 9.10. The summed E-state index contributed by atoms with van der Waals surface area (Å²) in [6.07, 6.45) is 1.21. The number of nitro benzene ring substituents is 1. The van der Waals surface area contributed by atoms with Crippen molar-refractivity contribution in [1.29, 1.82) is 5.26 Å². The number of nitrogens with one attached hydrogen (secondary N) is 1. The molecule has 0 radical (unpaired) electrons. The van der Waals surface area contributed by atoms with Crippen LogP contribution in [0.5, 0.6) is 5.75 Å². The molecule has 1 amide bonds. The van der Waals surface area contributed by atoms with E-state index in [-0.39, 0.29) is 34.0 Å². The highest BCUT2D eigenvalue weighted by atomic mass is 79.9. The Morgan fingerprint density at radius 1 is 1.12 bits per heavy atom. The monoisotopic (exact) mass is 541 g/mol. The van der Waals surface area contributed by atoms with Crippen LogP contribution in [0.2, 0.25) is 0 Å². The van der Waals surface area contributed by atoms with Crippen molar-refractivity contribution in [1.82, 2.24) is 5.32 Å². The molecule has 0 aromatic heterocycles. The number of hydrogen-bond donors (Lipinski definition) is 1. The van der Waals surface area contributed by atoms with Gasteiger partial charge >= 0.3 is 10.1 Å². The fraction of sp³-hybridized carbons (Fsp3) is 0.0435. The standard InChI is InChI=1S/C23H16BrN3O6S/c24-19-6-11-22(33-34(31,32)21-9-7-20(8-10-21)27(29)30)17(13-19)12-18(14-25)23(28)26-15-16-4-2-1-3-5-16/h1-13H,15H2,(H,26,28)/b18-12+. The maximum absolute atomic E-state index is 12.7. The van der Waals surface area contributed by atoms with Crippen molar-refractivity contribution in [3.05, 3.63) is 104 Å². The highest BCUT2D eigenvalue weighted by Gasteiger charge is 2.20. The van der Waals surface area contributed by atoms with E-state index in [2.05, 4.69) is 21.2 Å². The first-order chi connectivity index (χ1) is 16.2. The van der Waals surface area contributed by atoms with Crippen LogP contribution in [0.1, 0.15) is 11.1 Å². The lowest BCUT2D eigenvalue weighted by Gasteiger charge is -2.11. The maximum Gasteiger partial charge on any atom is 0.339 e. The molecule has 0 aliphatic rings. The van der Waals surface area contributed by atoms with Gasteiger partial charge in [-0.3, -0.25) is 14.9 Å². The zero-order chi connectivity index (χ0) is 24.7. The Balaban J connectivity index is 1.87.